The lowest BCUT2D eigenvalue weighted by Gasteiger charge is -2.26. The summed E-state index contributed by atoms with van der Waals surface area (Å²) in [6.45, 7) is 0. The van der Waals surface area contributed by atoms with Crippen LogP contribution in [0.5, 0.6) is 0 Å². The molecule has 3 heteroatoms. The molecule has 1 nitrogen and oxygen atoms in total. The average Bonchev–Trinajstić information content (AvgIpc) is 2.73. The minimum atomic E-state index is 0.615. The van der Waals surface area contributed by atoms with Crippen molar-refractivity contribution in [2.24, 2.45) is 5.92 Å². The van der Waals surface area contributed by atoms with Crippen LogP contribution in [0.3, 0.4) is 0 Å². The molecule has 0 bridgehead atoms. The fourth-order valence-corrected chi connectivity index (χ4v) is 4.57. The highest BCUT2D eigenvalue weighted by Crippen LogP contribution is 2.45. The molecule has 3 rings (SSSR count). The zero-order valence-electron chi connectivity index (χ0n) is 9.21. The molecule has 1 aliphatic heterocycles. The molecule has 0 radical (unpaired) electrons. The Morgan fingerprint density at radius 3 is 2.81 bits per heavy atom. The molecule has 0 saturated heterocycles. The summed E-state index contributed by atoms with van der Waals surface area (Å²) in [5, 5.41) is 4.29. The molecule has 0 spiro atoms. The van der Waals surface area contributed by atoms with Crippen molar-refractivity contribution in [3.05, 3.63) is 22.7 Å². The molecular weight excluding hydrogens is 282 g/mol. The first kappa shape index (κ1) is 11.0. The maximum absolute atomic E-state index is 3.67. The summed E-state index contributed by atoms with van der Waals surface area (Å²) in [4.78, 5) is 1.41. The van der Waals surface area contributed by atoms with E-state index < -0.39 is 0 Å². The van der Waals surface area contributed by atoms with Crippen molar-refractivity contribution in [1.82, 2.24) is 0 Å². The third-order valence-corrected chi connectivity index (χ3v) is 5.41. The number of benzene rings is 1. The molecule has 1 unspecified atom stereocenters. The number of hydrogen-bond acceptors (Lipinski definition) is 2. The van der Waals surface area contributed by atoms with Crippen molar-refractivity contribution < 1.29 is 0 Å². The van der Waals surface area contributed by atoms with Gasteiger partial charge in [0, 0.05) is 15.1 Å². The van der Waals surface area contributed by atoms with Gasteiger partial charge in [-0.25, -0.2) is 0 Å². The van der Waals surface area contributed by atoms with Crippen LogP contribution in [-0.2, 0) is 0 Å². The summed E-state index contributed by atoms with van der Waals surface area (Å²) in [6, 6.07) is 6.54. The van der Waals surface area contributed by atoms with Crippen LogP contribution in [0.1, 0.15) is 32.1 Å². The van der Waals surface area contributed by atoms with Crippen LogP contribution in [0.2, 0.25) is 0 Å². The number of rotatable bonds is 1. The van der Waals surface area contributed by atoms with E-state index >= 15 is 0 Å². The molecule has 1 fully saturated rings. The second kappa shape index (κ2) is 4.61. The molecule has 16 heavy (non-hydrogen) atoms. The van der Waals surface area contributed by atoms with E-state index in [4.69, 9.17) is 0 Å². The minimum Gasteiger partial charge on any atom is -0.372 e. The number of nitrogens with one attached hydrogen (secondary N) is 1. The minimum absolute atomic E-state index is 0.615. The lowest BCUT2D eigenvalue weighted by molar-refractivity contribution is 0.361. The van der Waals surface area contributed by atoms with E-state index in [9.17, 15) is 0 Å². The summed E-state index contributed by atoms with van der Waals surface area (Å²) >= 11 is 5.56. The van der Waals surface area contributed by atoms with Crippen LogP contribution in [0.15, 0.2) is 27.6 Å². The van der Waals surface area contributed by atoms with Crippen LogP contribution in [0, 0.1) is 5.92 Å². The number of fused-ring (bicyclic) bond motifs is 1. The van der Waals surface area contributed by atoms with Gasteiger partial charge in [0.25, 0.3) is 0 Å². The van der Waals surface area contributed by atoms with Gasteiger partial charge in [0.1, 0.15) is 0 Å². The first-order valence-electron chi connectivity index (χ1n) is 6.06. The Balaban J connectivity index is 1.74. The molecule has 0 amide bonds. The summed E-state index contributed by atoms with van der Waals surface area (Å²) in [7, 11) is 0. The molecule has 1 aliphatic carbocycles. The Labute approximate surface area is 110 Å². The predicted molar refractivity (Wildman–Crippen MR) is 74.0 cm³/mol. The molecule has 1 N–H and O–H groups in total. The topological polar surface area (TPSA) is 12.0 Å². The fourth-order valence-electron chi connectivity index (χ4n) is 2.68. The van der Waals surface area contributed by atoms with Crippen molar-refractivity contribution in [1.29, 1.82) is 0 Å². The van der Waals surface area contributed by atoms with Crippen LogP contribution in [0.25, 0.3) is 0 Å². The highest BCUT2D eigenvalue weighted by Gasteiger charge is 2.29. The zero-order valence-corrected chi connectivity index (χ0v) is 11.6. The molecule has 1 heterocycles. The van der Waals surface area contributed by atoms with Crippen molar-refractivity contribution in [2.45, 2.75) is 42.4 Å². The third kappa shape index (κ3) is 2.12. The highest BCUT2D eigenvalue weighted by molar-refractivity contribution is 9.10. The van der Waals surface area contributed by atoms with E-state index in [1.807, 2.05) is 11.8 Å². The maximum atomic E-state index is 3.67. The van der Waals surface area contributed by atoms with E-state index in [2.05, 4.69) is 39.4 Å². The molecule has 1 aromatic rings. The summed E-state index contributed by atoms with van der Waals surface area (Å²) in [6.07, 6.45) is 7.08. The average molecular weight is 298 g/mol. The van der Waals surface area contributed by atoms with Gasteiger partial charge >= 0.3 is 0 Å². The van der Waals surface area contributed by atoms with Crippen molar-refractivity contribution in [3.8, 4) is 0 Å². The van der Waals surface area contributed by atoms with Crippen molar-refractivity contribution in [3.63, 3.8) is 0 Å². The highest BCUT2D eigenvalue weighted by atomic mass is 79.9. The quantitative estimate of drug-likeness (QED) is 0.793. The fraction of sp³-hybridized carbons (Fsp3) is 0.538. The molecule has 0 aromatic heterocycles. The molecule has 2 aliphatic rings. The number of thioether (sulfide) groups is 1. The third-order valence-electron chi connectivity index (χ3n) is 3.57. The van der Waals surface area contributed by atoms with Gasteiger partial charge in [-0.1, -0.05) is 47.0 Å². The van der Waals surface area contributed by atoms with E-state index in [1.54, 1.807) is 0 Å². The number of anilines is 1. The standard InChI is InChI=1S/C13H16BrNS/c14-10-6-7-11-12(8-10)16-13(15-11)9-4-2-1-3-5-9/h6-9,13,15H,1-5H2. The molecular formula is C13H16BrNS. The molecule has 86 valence electrons. The first-order valence-corrected chi connectivity index (χ1v) is 7.73. The van der Waals surface area contributed by atoms with Crippen molar-refractivity contribution in [2.75, 3.05) is 5.32 Å². The van der Waals surface area contributed by atoms with Gasteiger partial charge in [-0.2, -0.15) is 0 Å². The summed E-state index contributed by atoms with van der Waals surface area (Å²) in [5.41, 5.74) is 1.32. The normalized spacial score (nSPS) is 25.2. The van der Waals surface area contributed by atoms with Gasteiger partial charge in [-0.15, -0.1) is 0 Å². The Bertz CT molecular complexity index is 388. The van der Waals surface area contributed by atoms with Gasteiger partial charge in [0.2, 0.25) is 0 Å². The predicted octanol–water partition coefficient (Wildman–Crippen LogP) is 4.87. The largest absolute Gasteiger partial charge is 0.372 e. The van der Waals surface area contributed by atoms with Gasteiger partial charge in [0.05, 0.1) is 5.37 Å². The second-order valence-electron chi connectivity index (χ2n) is 4.72. The van der Waals surface area contributed by atoms with Crippen LogP contribution < -0.4 is 5.32 Å². The summed E-state index contributed by atoms with van der Waals surface area (Å²) in [5.74, 6) is 0.866. The Morgan fingerprint density at radius 1 is 1.19 bits per heavy atom. The monoisotopic (exact) mass is 297 g/mol. The van der Waals surface area contributed by atoms with Crippen LogP contribution in [-0.4, -0.2) is 5.37 Å². The Hall–Kier alpha value is -0.150. The molecule has 1 atom stereocenters. The van der Waals surface area contributed by atoms with Gasteiger partial charge < -0.3 is 5.32 Å². The van der Waals surface area contributed by atoms with E-state index in [1.165, 1.54) is 47.2 Å². The molecule has 1 aromatic carbocycles. The lowest BCUT2D eigenvalue weighted by atomic mass is 9.89. The van der Waals surface area contributed by atoms with E-state index in [0.717, 1.165) is 5.92 Å². The summed E-state index contributed by atoms with van der Waals surface area (Å²) < 4.78 is 1.19. The number of halogens is 1. The van der Waals surface area contributed by atoms with Crippen LogP contribution in [0.4, 0.5) is 5.69 Å². The van der Waals surface area contributed by atoms with Gasteiger partial charge in [-0.3, -0.25) is 0 Å². The first-order chi connectivity index (χ1) is 7.83. The lowest BCUT2D eigenvalue weighted by Crippen LogP contribution is -2.24. The van der Waals surface area contributed by atoms with Gasteiger partial charge in [-0.05, 0) is 37.0 Å². The zero-order chi connectivity index (χ0) is 11.0. The molecule has 1 saturated carbocycles. The Kier molecular flexibility index (Phi) is 3.16. The second-order valence-corrected chi connectivity index (χ2v) is 6.82. The smallest absolute Gasteiger partial charge is 0.0798 e. The van der Waals surface area contributed by atoms with E-state index in [-0.39, 0.29) is 0 Å². The van der Waals surface area contributed by atoms with Crippen molar-refractivity contribution >= 4 is 33.4 Å². The van der Waals surface area contributed by atoms with Gasteiger partial charge in [0.15, 0.2) is 0 Å². The Morgan fingerprint density at radius 2 is 2.00 bits per heavy atom. The maximum Gasteiger partial charge on any atom is 0.0798 e. The SMILES string of the molecule is Brc1ccc2c(c1)SC(C1CCCCC1)N2. The number of hydrogen-bond donors (Lipinski definition) is 1. The van der Waals surface area contributed by atoms with E-state index in [0.29, 0.717) is 5.37 Å². The van der Waals surface area contributed by atoms with Crippen LogP contribution >= 0.6 is 27.7 Å².